The smallest absolute Gasteiger partial charge is 0.407 e. The number of hydrogen-bond donors (Lipinski definition) is 3. The molecule has 3 N–H and O–H groups in total. The van der Waals surface area contributed by atoms with Crippen molar-refractivity contribution in [2.45, 2.75) is 39.8 Å². The van der Waals surface area contributed by atoms with Crippen LogP contribution < -0.4 is 16.0 Å². The van der Waals surface area contributed by atoms with Gasteiger partial charge in [-0.1, -0.05) is 0 Å². The normalized spacial score (nSPS) is 10.9. The molecular weight excluding hydrogens is 328 g/mol. The predicted molar refractivity (Wildman–Crippen MR) is 93.3 cm³/mol. The van der Waals surface area contributed by atoms with Gasteiger partial charge in [-0.25, -0.2) is 4.79 Å². The fourth-order valence-corrected chi connectivity index (χ4v) is 1.92. The first-order valence-corrected chi connectivity index (χ1v) is 7.79. The van der Waals surface area contributed by atoms with Gasteiger partial charge >= 0.3 is 6.09 Å². The van der Waals surface area contributed by atoms with E-state index in [2.05, 4.69) is 16.0 Å². The molecule has 0 unspecified atom stereocenters. The maximum absolute atomic E-state index is 11.5. The topological polar surface area (TPSA) is 123 Å². The van der Waals surface area contributed by atoms with Crippen LogP contribution in [0.3, 0.4) is 0 Å². The van der Waals surface area contributed by atoms with Crippen molar-refractivity contribution in [3.05, 3.63) is 33.9 Å². The molecule has 1 aromatic rings. The molecule has 0 saturated heterocycles. The zero-order chi connectivity index (χ0) is 19.0. The van der Waals surface area contributed by atoms with Crippen molar-refractivity contribution >= 4 is 23.4 Å². The van der Waals surface area contributed by atoms with Crippen LogP contribution in [0.2, 0.25) is 0 Å². The molecule has 1 aromatic carbocycles. The molecule has 0 atom stereocenters. The van der Waals surface area contributed by atoms with E-state index >= 15 is 0 Å². The minimum Gasteiger partial charge on any atom is -0.448 e. The fourth-order valence-electron chi connectivity index (χ4n) is 1.92. The van der Waals surface area contributed by atoms with Gasteiger partial charge in [0.05, 0.1) is 10.6 Å². The van der Waals surface area contributed by atoms with Crippen molar-refractivity contribution in [2.24, 2.45) is 0 Å². The number of nitrogens with one attached hydrogen (secondary N) is 3. The van der Waals surface area contributed by atoms with Gasteiger partial charge in [0.25, 0.3) is 5.69 Å². The van der Waals surface area contributed by atoms with Gasteiger partial charge in [0.2, 0.25) is 5.91 Å². The van der Waals surface area contributed by atoms with Crippen molar-refractivity contribution < 1.29 is 19.2 Å². The lowest BCUT2D eigenvalue weighted by atomic mass is 10.1. The third kappa shape index (κ3) is 8.11. The standard InChI is InChI=1S/C16H24N4O5/c1-11(21)18-14-9-13(20(23)24)6-5-12(14)10-17-7-8-25-15(22)19-16(2,3)4/h5-6,9,17H,7-8,10H2,1-4H3,(H,18,21)(H,19,22). The molecule has 9 heteroatoms. The molecule has 25 heavy (non-hydrogen) atoms. The number of hydrogen-bond acceptors (Lipinski definition) is 6. The summed E-state index contributed by atoms with van der Waals surface area (Å²) in [6, 6.07) is 4.25. The second kappa shape index (κ2) is 8.97. The monoisotopic (exact) mass is 352 g/mol. The van der Waals surface area contributed by atoms with E-state index in [0.29, 0.717) is 24.3 Å². The summed E-state index contributed by atoms with van der Waals surface area (Å²) in [6.07, 6.45) is -0.497. The lowest BCUT2D eigenvalue weighted by molar-refractivity contribution is -0.384. The summed E-state index contributed by atoms with van der Waals surface area (Å²) in [6.45, 7) is 7.81. The van der Waals surface area contributed by atoms with Gasteiger partial charge in [0, 0.05) is 37.7 Å². The van der Waals surface area contributed by atoms with Crippen LogP contribution in [0.25, 0.3) is 0 Å². The number of non-ortho nitro benzene ring substituents is 1. The highest BCUT2D eigenvalue weighted by atomic mass is 16.6. The molecule has 0 fully saturated rings. The van der Waals surface area contributed by atoms with E-state index in [0.717, 1.165) is 0 Å². The largest absolute Gasteiger partial charge is 0.448 e. The van der Waals surface area contributed by atoms with Crippen LogP contribution in [0, 0.1) is 10.1 Å². The zero-order valence-corrected chi connectivity index (χ0v) is 14.8. The summed E-state index contributed by atoms with van der Waals surface area (Å²) in [4.78, 5) is 33.1. The molecule has 0 heterocycles. The zero-order valence-electron chi connectivity index (χ0n) is 14.8. The molecule has 0 spiro atoms. The molecule has 0 aromatic heterocycles. The van der Waals surface area contributed by atoms with Gasteiger partial charge in [-0.15, -0.1) is 0 Å². The van der Waals surface area contributed by atoms with E-state index in [9.17, 15) is 19.7 Å². The molecule has 0 aliphatic heterocycles. The van der Waals surface area contributed by atoms with Crippen LogP contribution in [0.15, 0.2) is 18.2 Å². The molecule has 0 saturated carbocycles. The van der Waals surface area contributed by atoms with Crippen LogP contribution >= 0.6 is 0 Å². The fraction of sp³-hybridized carbons (Fsp3) is 0.500. The number of nitro groups is 1. The molecule has 1 rings (SSSR count). The van der Waals surface area contributed by atoms with Crippen LogP contribution in [0.1, 0.15) is 33.3 Å². The minimum atomic E-state index is -0.524. The first kappa shape index (κ1) is 20.4. The second-order valence-corrected chi connectivity index (χ2v) is 6.47. The van der Waals surface area contributed by atoms with Gasteiger partial charge in [-0.05, 0) is 32.4 Å². The Morgan fingerprint density at radius 2 is 1.96 bits per heavy atom. The number of benzene rings is 1. The number of ether oxygens (including phenoxy) is 1. The van der Waals surface area contributed by atoms with E-state index in [4.69, 9.17) is 4.74 Å². The maximum Gasteiger partial charge on any atom is 0.407 e. The van der Waals surface area contributed by atoms with Crippen LogP contribution in [-0.2, 0) is 16.1 Å². The number of carbonyl (C=O) groups is 2. The van der Waals surface area contributed by atoms with E-state index < -0.39 is 11.0 Å². The second-order valence-electron chi connectivity index (χ2n) is 6.47. The van der Waals surface area contributed by atoms with E-state index in [1.807, 2.05) is 20.8 Å². The third-order valence-electron chi connectivity index (χ3n) is 2.92. The Morgan fingerprint density at radius 3 is 2.52 bits per heavy atom. The number of nitrogens with zero attached hydrogens (tertiary/aromatic N) is 1. The van der Waals surface area contributed by atoms with Gasteiger partial charge < -0.3 is 20.7 Å². The average Bonchev–Trinajstić information content (AvgIpc) is 2.45. The maximum atomic E-state index is 11.5. The van der Waals surface area contributed by atoms with E-state index in [1.54, 1.807) is 6.07 Å². The number of alkyl carbamates (subject to hydrolysis) is 1. The lowest BCUT2D eigenvalue weighted by Crippen LogP contribution is -2.41. The summed E-state index contributed by atoms with van der Waals surface area (Å²) in [5, 5.41) is 19.1. The summed E-state index contributed by atoms with van der Waals surface area (Å²) in [5.41, 5.74) is 0.603. The summed E-state index contributed by atoms with van der Waals surface area (Å²) in [5.74, 6) is -0.316. The van der Waals surface area contributed by atoms with Gasteiger partial charge in [0.15, 0.2) is 0 Å². The Hall–Kier alpha value is -2.68. The first-order valence-electron chi connectivity index (χ1n) is 7.79. The summed E-state index contributed by atoms with van der Waals surface area (Å²) < 4.78 is 5.03. The van der Waals surface area contributed by atoms with E-state index in [-0.39, 0.29) is 23.7 Å². The predicted octanol–water partition coefficient (Wildman–Crippen LogP) is 2.17. The van der Waals surface area contributed by atoms with Crippen LogP contribution in [0.5, 0.6) is 0 Å². The van der Waals surface area contributed by atoms with Crippen molar-refractivity contribution in [1.82, 2.24) is 10.6 Å². The Labute approximate surface area is 146 Å². The van der Waals surface area contributed by atoms with Gasteiger partial charge in [0.1, 0.15) is 6.61 Å². The SMILES string of the molecule is CC(=O)Nc1cc([N+](=O)[O-])ccc1CNCCOC(=O)NC(C)(C)C. The third-order valence-corrected chi connectivity index (χ3v) is 2.92. The molecule has 0 aliphatic carbocycles. The van der Waals surface area contributed by atoms with Crippen LogP contribution in [0.4, 0.5) is 16.2 Å². The number of rotatable bonds is 7. The average molecular weight is 352 g/mol. The number of anilines is 1. The van der Waals surface area contributed by atoms with E-state index in [1.165, 1.54) is 19.1 Å². The highest BCUT2D eigenvalue weighted by Crippen LogP contribution is 2.22. The minimum absolute atomic E-state index is 0.102. The molecule has 2 amide bonds. The van der Waals surface area contributed by atoms with Gasteiger partial charge in [-0.2, -0.15) is 0 Å². The Morgan fingerprint density at radius 1 is 1.28 bits per heavy atom. The Balaban J connectivity index is 2.52. The highest BCUT2D eigenvalue weighted by molar-refractivity contribution is 5.90. The molecule has 0 aliphatic rings. The van der Waals surface area contributed by atoms with Crippen molar-refractivity contribution in [3.8, 4) is 0 Å². The molecule has 9 nitrogen and oxygen atoms in total. The molecular formula is C16H24N4O5. The molecule has 0 bridgehead atoms. The lowest BCUT2D eigenvalue weighted by Gasteiger charge is -2.20. The Kier molecular flexibility index (Phi) is 7.31. The number of amides is 2. The Bertz CT molecular complexity index is 640. The molecule has 0 radical (unpaired) electrons. The first-order chi connectivity index (χ1) is 11.6. The summed E-state index contributed by atoms with van der Waals surface area (Å²) >= 11 is 0. The highest BCUT2D eigenvalue weighted by Gasteiger charge is 2.14. The van der Waals surface area contributed by atoms with Crippen LogP contribution in [-0.4, -0.2) is 35.6 Å². The van der Waals surface area contributed by atoms with Gasteiger partial charge in [-0.3, -0.25) is 14.9 Å². The molecule has 138 valence electrons. The van der Waals surface area contributed by atoms with Crippen molar-refractivity contribution in [3.63, 3.8) is 0 Å². The summed E-state index contributed by atoms with van der Waals surface area (Å²) in [7, 11) is 0. The van der Waals surface area contributed by atoms with Crippen molar-refractivity contribution in [1.29, 1.82) is 0 Å². The van der Waals surface area contributed by atoms with Crippen molar-refractivity contribution in [2.75, 3.05) is 18.5 Å². The number of carbonyl (C=O) groups excluding carboxylic acids is 2. The quantitative estimate of drug-likeness (QED) is 0.393. The number of nitro benzene ring substituents is 1.